The van der Waals surface area contributed by atoms with Gasteiger partial charge in [-0.3, -0.25) is 10.8 Å². The first-order valence-corrected chi connectivity index (χ1v) is 5.85. The summed E-state index contributed by atoms with van der Waals surface area (Å²) in [5, 5.41) is 0.532. The van der Waals surface area contributed by atoms with Crippen molar-refractivity contribution in [3.63, 3.8) is 0 Å². The molecule has 0 aromatic carbocycles. The van der Waals surface area contributed by atoms with E-state index in [4.69, 9.17) is 22.2 Å². The van der Waals surface area contributed by atoms with Gasteiger partial charge in [-0.05, 0) is 25.5 Å². The van der Waals surface area contributed by atoms with Crippen LogP contribution >= 0.6 is 11.6 Å². The van der Waals surface area contributed by atoms with Gasteiger partial charge in [0.1, 0.15) is 6.73 Å². The highest BCUT2D eigenvalue weighted by Crippen LogP contribution is 2.10. The maximum Gasteiger partial charge on any atom is 0.137 e. The fourth-order valence-electron chi connectivity index (χ4n) is 0.938. The number of hydrogen-bond acceptors (Lipinski definition) is 4. The number of ether oxygens (including phenoxy) is 1. The Morgan fingerprint density at radius 2 is 2.29 bits per heavy atom. The topological polar surface area (TPSA) is 59.6 Å². The van der Waals surface area contributed by atoms with Gasteiger partial charge in [-0.2, -0.15) is 0 Å². The van der Waals surface area contributed by atoms with Crippen LogP contribution in [0.25, 0.3) is 0 Å². The monoisotopic (exact) mass is 257 g/mol. The van der Waals surface area contributed by atoms with Crippen LogP contribution in [-0.4, -0.2) is 19.6 Å². The lowest BCUT2D eigenvalue weighted by molar-refractivity contribution is 0.172. The third kappa shape index (κ3) is 8.68. The SMILES string of the molecule is C/C=C(NN)\C(Cl)=C/COC/N=C\C=C/CC. The summed E-state index contributed by atoms with van der Waals surface area (Å²) in [5.74, 6) is 5.27. The van der Waals surface area contributed by atoms with Gasteiger partial charge >= 0.3 is 0 Å². The maximum absolute atomic E-state index is 5.95. The Kier molecular flexibility index (Phi) is 10.7. The van der Waals surface area contributed by atoms with Crippen LogP contribution in [0.2, 0.25) is 0 Å². The van der Waals surface area contributed by atoms with Gasteiger partial charge in [-0.1, -0.05) is 30.7 Å². The van der Waals surface area contributed by atoms with Gasteiger partial charge in [0, 0.05) is 6.21 Å². The molecule has 0 fully saturated rings. The Morgan fingerprint density at radius 1 is 1.53 bits per heavy atom. The molecule has 17 heavy (non-hydrogen) atoms. The molecule has 0 saturated carbocycles. The third-order valence-corrected chi connectivity index (χ3v) is 2.17. The van der Waals surface area contributed by atoms with E-state index >= 15 is 0 Å². The average molecular weight is 258 g/mol. The predicted octanol–water partition coefficient (Wildman–Crippen LogP) is 2.49. The van der Waals surface area contributed by atoms with Gasteiger partial charge < -0.3 is 10.2 Å². The summed E-state index contributed by atoms with van der Waals surface area (Å²) in [7, 11) is 0. The van der Waals surface area contributed by atoms with E-state index < -0.39 is 0 Å². The first kappa shape index (κ1) is 15.9. The molecule has 3 N–H and O–H groups in total. The van der Waals surface area contributed by atoms with Crippen LogP contribution < -0.4 is 11.3 Å². The van der Waals surface area contributed by atoms with Crippen LogP contribution in [0.4, 0.5) is 0 Å². The Morgan fingerprint density at radius 3 is 2.88 bits per heavy atom. The molecule has 4 nitrogen and oxygen atoms in total. The molecule has 0 aromatic rings. The molecule has 0 unspecified atom stereocenters. The molecule has 0 bridgehead atoms. The number of allylic oxidation sites excluding steroid dienone is 4. The Hall–Kier alpha value is -1.10. The average Bonchev–Trinajstić information content (AvgIpc) is 2.34. The van der Waals surface area contributed by atoms with Crippen molar-refractivity contribution in [1.82, 2.24) is 5.43 Å². The Bertz CT molecular complexity index is 309. The minimum Gasteiger partial charge on any atom is -0.355 e. The van der Waals surface area contributed by atoms with Crippen LogP contribution in [0.1, 0.15) is 20.3 Å². The Labute approximate surface area is 108 Å². The molecular formula is C12H20ClN3O. The summed E-state index contributed by atoms with van der Waals surface area (Å²) >= 11 is 5.95. The number of nitrogens with one attached hydrogen (secondary N) is 1. The van der Waals surface area contributed by atoms with Crippen molar-refractivity contribution in [2.45, 2.75) is 20.3 Å². The molecule has 0 aromatic heterocycles. The molecule has 0 rings (SSSR count). The number of hydrogen-bond donors (Lipinski definition) is 2. The van der Waals surface area contributed by atoms with E-state index in [0.29, 0.717) is 24.1 Å². The molecular weight excluding hydrogens is 238 g/mol. The highest BCUT2D eigenvalue weighted by atomic mass is 35.5. The third-order valence-electron chi connectivity index (χ3n) is 1.81. The normalized spacial score (nSPS) is 13.9. The van der Waals surface area contributed by atoms with E-state index in [0.717, 1.165) is 6.42 Å². The number of nitrogens with two attached hydrogens (primary N) is 1. The number of halogens is 1. The van der Waals surface area contributed by atoms with E-state index in [2.05, 4.69) is 17.3 Å². The van der Waals surface area contributed by atoms with Gasteiger partial charge in [0.2, 0.25) is 0 Å². The summed E-state index contributed by atoms with van der Waals surface area (Å²) in [6.07, 6.45) is 10.1. The van der Waals surface area contributed by atoms with Crippen LogP contribution in [0.5, 0.6) is 0 Å². The van der Waals surface area contributed by atoms with Gasteiger partial charge in [-0.15, -0.1) is 0 Å². The van der Waals surface area contributed by atoms with Crippen LogP contribution in [0.3, 0.4) is 0 Å². The number of aliphatic imine (C=N–C) groups is 1. The van der Waals surface area contributed by atoms with Gasteiger partial charge in [0.05, 0.1) is 17.3 Å². The fraction of sp³-hybridized carbons (Fsp3) is 0.417. The first-order chi connectivity index (χ1) is 8.26. The van der Waals surface area contributed by atoms with Crippen molar-refractivity contribution in [3.8, 4) is 0 Å². The molecule has 0 aliphatic heterocycles. The standard InChI is InChI=1S/C12H20ClN3O/c1-3-5-6-8-15-10-17-9-7-11(13)12(4-2)16-14/h4-8,16H,3,9-10,14H2,1-2H3/b6-5-,11-7+,12-4+,15-8-. The summed E-state index contributed by atoms with van der Waals surface area (Å²) in [5.41, 5.74) is 3.16. The van der Waals surface area contributed by atoms with Crippen molar-refractivity contribution in [2.75, 3.05) is 13.3 Å². The smallest absolute Gasteiger partial charge is 0.137 e. The summed E-state index contributed by atoms with van der Waals surface area (Å²) in [4.78, 5) is 4.03. The lowest BCUT2D eigenvalue weighted by Crippen LogP contribution is -2.21. The van der Waals surface area contributed by atoms with E-state index in [9.17, 15) is 0 Å². The van der Waals surface area contributed by atoms with E-state index in [1.54, 1.807) is 18.4 Å². The minimum absolute atomic E-state index is 0.315. The molecule has 5 heteroatoms. The zero-order valence-electron chi connectivity index (χ0n) is 10.3. The fourth-order valence-corrected chi connectivity index (χ4v) is 1.17. The highest BCUT2D eigenvalue weighted by Gasteiger charge is 1.96. The second-order valence-electron chi connectivity index (χ2n) is 3.07. The van der Waals surface area contributed by atoms with Crippen molar-refractivity contribution in [1.29, 1.82) is 0 Å². The van der Waals surface area contributed by atoms with Crippen LogP contribution in [0.15, 0.2) is 40.0 Å². The zero-order valence-corrected chi connectivity index (χ0v) is 11.1. The molecule has 0 aliphatic carbocycles. The molecule has 0 aliphatic rings. The molecule has 96 valence electrons. The number of hydrazine groups is 1. The lowest BCUT2D eigenvalue weighted by Gasteiger charge is -2.03. The van der Waals surface area contributed by atoms with Crippen LogP contribution in [0, 0.1) is 0 Å². The number of nitrogens with zero attached hydrogens (tertiary/aromatic N) is 1. The maximum atomic E-state index is 5.95. The quantitative estimate of drug-likeness (QED) is 0.231. The van der Waals surface area contributed by atoms with E-state index in [1.165, 1.54) is 0 Å². The van der Waals surface area contributed by atoms with Crippen molar-refractivity contribution in [2.24, 2.45) is 10.8 Å². The van der Waals surface area contributed by atoms with Crippen molar-refractivity contribution < 1.29 is 4.74 Å². The van der Waals surface area contributed by atoms with E-state index in [-0.39, 0.29) is 0 Å². The second kappa shape index (κ2) is 11.4. The second-order valence-corrected chi connectivity index (χ2v) is 3.47. The number of rotatable bonds is 8. The zero-order chi connectivity index (χ0) is 12.9. The van der Waals surface area contributed by atoms with Crippen molar-refractivity contribution >= 4 is 17.8 Å². The highest BCUT2D eigenvalue weighted by molar-refractivity contribution is 6.31. The van der Waals surface area contributed by atoms with Gasteiger partial charge in [0.25, 0.3) is 0 Å². The summed E-state index contributed by atoms with van der Waals surface area (Å²) in [6, 6.07) is 0. The minimum atomic E-state index is 0.315. The lowest BCUT2D eigenvalue weighted by atomic mass is 10.3. The Balaban J connectivity index is 3.80. The van der Waals surface area contributed by atoms with E-state index in [1.807, 2.05) is 19.1 Å². The van der Waals surface area contributed by atoms with Crippen molar-refractivity contribution in [3.05, 3.63) is 35.0 Å². The summed E-state index contributed by atoms with van der Waals surface area (Å²) in [6.45, 7) is 4.62. The molecule has 0 spiro atoms. The summed E-state index contributed by atoms with van der Waals surface area (Å²) < 4.78 is 5.24. The van der Waals surface area contributed by atoms with Gasteiger partial charge in [-0.25, -0.2) is 0 Å². The molecule has 0 saturated heterocycles. The van der Waals surface area contributed by atoms with Crippen LogP contribution in [-0.2, 0) is 4.74 Å². The first-order valence-electron chi connectivity index (χ1n) is 5.47. The molecule has 0 amide bonds. The van der Waals surface area contributed by atoms with Gasteiger partial charge in [0.15, 0.2) is 0 Å². The molecule has 0 radical (unpaired) electrons. The predicted molar refractivity (Wildman–Crippen MR) is 73.8 cm³/mol. The largest absolute Gasteiger partial charge is 0.355 e. The molecule has 0 atom stereocenters. The molecule has 0 heterocycles.